The summed E-state index contributed by atoms with van der Waals surface area (Å²) in [6.07, 6.45) is 0.848. The number of aryl methyl sites for hydroxylation is 1. The normalized spacial score (nSPS) is 15.5. The number of fused-ring (bicyclic) bond motifs is 1. The molecule has 0 aliphatic carbocycles. The van der Waals surface area contributed by atoms with E-state index in [2.05, 4.69) is 11.1 Å². The molecule has 1 aliphatic heterocycles. The number of carbonyl (C=O) groups is 2. The van der Waals surface area contributed by atoms with E-state index in [4.69, 9.17) is 0 Å². The smallest absolute Gasteiger partial charge is 0.237 e. The number of Topliss-reactive ketones (excluding diaryl/α,β-unsaturated/α-hetero) is 1. The second-order valence-electron chi connectivity index (χ2n) is 6.38. The molecule has 5 nitrogen and oxygen atoms in total. The summed E-state index contributed by atoms with van der Waals surface area (Å²) < 4.78 is 0. The lowest BCUT2D eigenvalue weighted by atomic mass is 10.1. The summed E-state index contributed by atoms with van der Waals surface area (Å²) in [5, 5.41) is 9.84. The fraction of sp³-hybridized carbons (Fsp3) is 0.300. The van der Waals surface area contributed by atoms with Gasteiger partial charge < -0.3 is 4.90 Å². The highest BCUT2D eigenvalue weighted by molar-refractivity contribution is 8.00. The van der Waals surface area contributed by atoms with Gasteiger partial charge in [-0.15, -0.1) is 0 Å². The Hall–Kier alpha value is -2.65. The predicted molar refractivity (Wildman–Crippen MR) is 102 cm³/mol. The van der Waals surface area contributed by atoms with Crippen molar-refractivity contribution in [3.63, 3.8) is 0 Å². The van der Waals surface area contributed by atoms with Crippen LogP contribution in [-0.2, 0) is 11.2 Å². The molecule has 1 unspecified atom stereocenters. The van der Waals surface area contributed by atoms with Crippen molar-refractivity contribution in [1.29, 1.82) is 5.26 Å². The van der Waals surface area contributed by atoms with E-state index in [1.165, 1.54) is 24.2 Å². The molecule has 0 bridgehead atoms. The van der Waals surface area contributed by atoms with E-state index < -0.39 is 0 Å². The van der Waals surface area contributed by atoms with Crippen molar-refractivity contribution in [3.8, 4) is 6.07 Å². The third kappa shape index (κ3) is 3.35. The summed E-state index contributed by atoms with van der Waals surface area (Å²) >= 11 is 1.24. The van der Waals surface area contributed by atoms with Gasteiger partial charge in [-0.05, 0) is 44.9 Å². The Morgan fingerprint density at radius 2 is 2.12 bits per heavy atom. The SMILES string of the molecule is CC(=O)c1cc(C#N)c(SCC(=O)N2c3ccccc3CC2C)nc1C. The molecule has 0 spiro atoms. The van der Waals surface area contributed by atoms with Gasteiger partial charge in [0.2, 0.25) is 5.91 Å². The molecule has 0 saturated heterocycles. The second kappa shape index (κ2) is 7.30. The molecule has 132 valence electrons. The number of nitriles is 1. The molecule has 1 atom stereocenters. The maximum Gasteiger partial charge on any atom is 0.237 e. The van der Waals surface area contributed by atoms with E-state index in [1.807, 2.05) is 36.1 Å². The highest BCUT2D eigenvalue weighted by atomic mass is 32.2. The summed E-state index contributed by atoms with van der Waals surface area (Å²) in [7, 11) is 0. The van der Waals surface area contributed by atoms with E-state index in [0.29, 0.717) is 21.8 Å². The monoisotopic (exact) mass is 365 g/mol. The van der Waals surface area contributed by atoms with Crippen LogP contribution in [0.15, 0.2) is 35.4 Å². The summed E-state index contributed by atoms with van der Waals surface area (Å²) in [6.45, 7) is 5.23. The molecule has 0 saturated carbocycles. The number of nitrogens with zero attached hydrogens (tertiary/aromatic N) is 3. The Bertz CT molecular complexity index is 933. The summed E-state index contributed by atoms with van der Waals surface area (Å²) in [4.78, 5) is 30.6. The number of benzene rings is 1. The lowest BCUT2D eigenvalue weighted by Crippen LogP contribution is -2.37. The first-order valence-electron chi connectivity index (χ1n) is 8.37. The van der Waals surface area contributed by atoms with Gasteiger partial charge in [0.15, 0.2) is 5.78 Å². The van der Waals surface area contributed by atoms with E-state index in [-0.39, 0.29) is 23.5 Å². The highest BCUT2D eigenvalue weighted by Gasteiger charge is 2.30. The lowest BCUT2D eigenvalue weighted by Gasteiger charge is -2.22. The fourth-order valence-electron chi connectivity index (χ4n) is 3.28. The maximum absolute atomic E-state index is 12.8. The summed E-state index contributed by atoms with van der Waals surface area (Å²) in [6, 6.07) is 11.7. The Morgan fingerprint density at radius 1 is 1.38 bits per heavy atom. The van der Waals surface area contributed by atoms with Crippen LogP contribution in [0.3, 0.4) is 0 Å². The van der Waals surface area contributed by atoms with Crippen LogP contribution in [0.4, 0.5) is 5.69 Å². The largest absolute Gasteiger partial charge is 0.308 e. The van der Waals surface area contributed by atoms with Gasteiger partial charge in [0.05, 0.1) is 11.3 Å². The molecule has 0 fully saturated rings. The number of ketones is 1. The Kier molecular flexibility index (Phi) is 5.10. The Balaban J connectivity index is 1.80. The van der Waals surface area contributed by atoms with Crippen LogP contribution in [-0.4, -0.2) is 28.5 Å². The number of carbonyl (C=O) groups excluding carboxylic acids is 2. The standard InChI is InChI=1S/C20H19N3O2S/c1-12-8-15-6-4-5-7-18(15)23(12)19(25)11-26-20-16(10-21)9-17(14(3)24)13(2)22-20/h4-7,9,12H,8,11H2,1-3H3. The third-order valence-electron chi connectivity index (χ3n) is 4.49. The number of pyridine rings is 1. The predicted octanol–water partition coefficient (Wildman–Crippen LogP) is 3.53. The zero-order valence-electron chi connectivity index (χ0n) is 14.9. The van der Waals surface area contributed by atoms with Gasteiger partial charge >= 0.3 is 0 Å². The van der Waals surface area contributed by atoms with Crippen LogP contribution >= 0.6 is 11.8 Å². The van der Waals surface area contributed by atoms with Crippen molar-refractivity contribution >= 4 is 29.1 Å². The van der Waals surface area contributed by atoms with E-state index in [0.717, 1.165) is 12.1 Å². The highest BCUT2D eigenvalue weighted by Crippen LogP contribution is 2.33. The molecule has 1 aromatic heterocycles. The molecule has 0 radical (unpaired) electrons. The first-order valence-corrected chi connectivity index (χ1v) is 9.36. The third-order valence-corrected chi connectivity index (χ3v) is 5.46. The van der Waals surface area contributed by atoms with Gasteiger partial charge in [-0.3, -0.25) is 9.59 Å². The van der Waals surface area contributed by atoms with Crippen LogP contribution < -0.4 is 4.90 Å². The van der Waals surface area contributed by atoms with E-state index in [1.54, 1.807) is 13.0 Å². The summed E-state index contributed by atoms with van der Waals surface area (Å²) in [5.41, 5.74) is 3.48. The first kappa shape index (κ1) is 18.2. The second-order valence-corrected chi connectivity index (χ2v) is 7.34. The molecule has 2 aromatic rings. The zero-order chi connectivity index (χ0) is 18.8. The molecule has 2 heterocycles. The Morgan fingerprint density at radius 3 is 2.81 bits per heavy atom. The van der Waals surface area contributed by atoms with Crippen molar-refractivity contribution in [2.24, 2.45) is 0 Å². The quantitative estimate of drug-likeness (QED) is 0.612. The van der Waals surface area contributed by atoms with Crippen LogP contribution in [0.1, 0.15) is 41.0 Å². The van der Waals surface area contributed by atoms with Crippen LogP contribution in [0.2, 0.25) is 0 Å². The number of rotatable bonds is 4. The summed E-state index contributed by atoms with van der Waals surface area (Å²) in [5.74, 6) is 0.0622. The maximum atomic E-state index is 12.8. The van der Waals surface area contributed by atoms with Crippen molar-refractivity contribution in [3.05, 3.63) is 52.7 Å². The van der Waals surface area contributed by atoms with E-state index in [9.17, 15) is 14.9 Å². The molecular formula is C20H19N3O2S. The fourth-order valence-corrected chi connectivity index (χ4v) is 4.14. The van der Waals surface area contributed by atoms with Gasteiger partial charge in [-0.2, -0.15) is 5.26 Å². The number of hydrogen-bond acceptors (Lipinski definition) is 5. The number of aromatic nitrogens is 1. The van der Waals surface area contributed by atoms with E-state index >= 15 is 0 Å². The number of hydrogen-bond donors (Lipinski definition) is 0. The van der Waals surface area contributed by atoms with Gasteiger partial charge in [0.1, 0.15) is 11.1 Å². The molecule has 1 aliphatic rings. The topological polar surface area (TPSA) is 74.1 Å². The van der Waals surface area contributed by atoms with Crippen LogP contribution in [0, 0.1) is 18.3 Å². The number of amides is 1. The molecule has 3 rings (SSSR count). The van der Waals surface area contributed by atoms with Crippen molar-refractivity contribution in [2.75, 3.05) is 10.7 Å². The van der Waals surface area contributed by atoms with Crippen molar-refractivity contribution in [1.82, 2.24) is 4.98 Å². The molecule has 1 amide bonds. The number of anilines is 1. The molecular weight excluding hydrogens is 346 g/mol. The molecule has 0 N–H and O–H groups in total. The molecule has 1 aromatic carbocycles. The molecule has 6 heteroatoms. The average molecular weight is 365 g/mol. The zero-order valence-corrected chi connectivity index (χ0v) is 15.8. The van der Waals surface area contributed by atoms with Crippen LogP contribution in [0.25, 0.3) is 0 Å². The Labute approximate surface area is 157 Å². The average Bonchev–Trinajstić information content (AvgIpc) is 2.95. The molecule has 26 heavy (non-hydrogen) atoms. The van der Waals surface area contributed by atoms with Crippen LogP contribution in [0.5, 0.6) is 0 Å². The minimum absolute atomic E-state index is 0.00793. The minimum Gasteiger partial charge on any atom is -0.308 e. The van der Waals surface area contributed by atoms with Gasteiger partial charge in [0.25, 0.3) is 0 Å². The minimum atomic E-state index is -0.123. The van der Waals surface area contributed by atoms with Crippen molar-refractivity contribution < 1.29 is 9.59 Å². The number of para-hydroxylation sites is 1. The first-order chi connectivity index (χ1) is 12.4. The van der Waals surface area contributed by atoms with Gasteiger partial charge in [-0.25, -0.2) is 4.98 Å². The lowest BCUT2D eigenvalue weighted by molar-refractivity contribution is -0.116. The van der Waals surface area contributed by atoms with Gasteiger partial charge in [-0.1, -0.05) is 30.0 Å². The van der Waals surface area contributed by atoms with Gasteiger partial charge in [0, 0.05) is 23.0 Å². The van der Waals surface area contributed by atoms with Crippen molar-refractivity contribution in [2.45, 2.75) is 38.3 Å². The number of thioether (sulfide) groups is 1.